The molecule has 2 nitrogen and oxygen atoms in total. The Bertz CT molecular complexity index is 482. The summed E-state index contributed by atoms with van der Waals surface area (Å²) in [7, 11) is 1.46. The Labute approximate surface area is 125 Å². The van der Waals surface area contributed by atoms with Gasteiger partial charge in [0, 0.05) is 11.4 Å². The number of carbonyl (C=O) groups excluding carboxylic acids is 1. The lowest BCUT2D eigenvalue weighted by molar-refractivity contribution is -0.142. The highest BCUT2D eigenvalue weighted by Crippen LogP contribution is 2.34. The zero-order valence-corrected chi connectivity index (χ0v) is 12.6. The molecule has 3 heteroatoms. The third kappa shape index (κ3) is 4.11. The summed E-state index contributed by atoms with van der Waals surface area (Å²) in [6, 6.07) is 7.82. The number of methoxy groups -OCH3 is 1. The minimum absolute atomic E-state index is 0.104. The molecule has 0 bridgehead atoms. The van der Waals surface area contributed by atoms with Gasteiger partial charge in [0.15, 0.2) is 0 Å². The van der Waals surface area contributed by atoms with E-state index in [0.29, 0.717) is 18.3 Å². The fourth-order valence-corrected chi connectivity index (χ4v) is 3.08. The van der Waals surface area contributed by atoms with E-state index in [4.69, 9.17) is 16.3 Å². The van der Waals surface area contributed by atoms with E-state index in [2.05, 4.69) is 12.2 Å². The molecule has 0 unspecified atom stereocenters. The minimum atomic E-state index is -0.104. The lowest BCUT2D eigenvalue weighted by Gasteiger charge is -2.28. The van der Waals surface area contributed by atoms with Gasteiger partial charge in [0.1, 0.15) is 0 Å². The molecule has 2 atom stereocenters. The van der Waals surface area contributed by atoms with Crippen molar-refractivity contribution in [1.29, 1.82) is 0 Å². The van der Waals surface area contributed by atoms with Crippen LogP contribution in [0.15, 0.2) is 30.3 Å². The molecule has 1 aliphatic carbocycles. The highest BCUT2D eigenvalue weighted by atomic mass is 35.5. The molecule has 0 heterocycles. The van der Waals surface area contributed by atoms with E-state index in [9.17, 15) is 4.79 Å². The lowest BCUT2D eigenvalue weighted by Crippen LogP contribution is -2.21. The first-order valence-corrected chi connectivity index (χ1v) is 7.58. The van der Waals surface area contributed by atoms with Gasteiger partial charge in [-0.2, -0.15) is 0 Å². The van der Waals surface area contributed by atoms with Crippen LogP contribution >= 0.6 is 11.6 Å². The van der Waals surface area contributed by atoms with Crippen LogP contribution in [0.5, 0.6) is 0 Å². The van der Waals surface area contributed by atoms with Crippen molar-refractivity contribution in [2.45, 2.75) is 32.1 Å². The van der Waals surface area contributed by atoms with Gasteiger partial charge in [0.2, 0.25) is 0 Å². The number of esters is 1. The maximum atomic E-state index is 11.5. The van der Waals surface area contributed by atoms with Gasteiger partial charge in [0.05, 0.1) is 7.11 Å². The molecule has 1 saturated carbocycles. The van der Waals surface area contributed by atoms with Crippen LogP contribution in [-0.2, 0) is 9.53 Å². The first kappa shape index (κ1) is 15.1. The van der Waals surface area contributed by atoms with Crippen molar-refractivity contribution < 1.29 is 9.53 Å². The van der Waals surface area contributed by atoms with Crippen molar-refractivity contribution >= 4 is 23.6 Å². The quantitative estimate of drug-likeness (QED) is 0.750. The maximum absolute atomic E-state index is 11.5. The van der Waals surface area contributed by atoms with E-state index in [1.165, 1.54) is 20.0 Å². The number of ether oxygens (including phenoxy) is 1. The third-order valence-corrected chi connectivity index (χ3v) is 4.40. The monoisotopic (exact) mass is 292 g/mol. The summed E-state index contributed by atoms with van der Waals surface area (Å²) in [5.74, 6) is 0.738. The molecular formula is C17H21ClO2. The van der Waals surface area contributed by atoms with Gasteiger partial charge in [0.25, 0.3) is 0 Å². The summed E-state index contributed by atoms with van der Waals surface area (Å²) >= 11 is 6.16. The number of hydrogen-bond acceptors (Lipinski definition) is 2. The smallest absolute Gasteiger partial charge is 0.305 e. The second-order valence-electron chi connectivity index (χ2n) is 5.37. The number of hydrogen-bond donors (Lipinski definition) is 0. The zero-order chi connectivity index (χ0) is 14.4. The van der Waals surface area contributed by atoms with Gasteiger partial charge in [-0.05, 0) is 36.3 Å². The Balaban J connectivity index is 2.05. The van der Waals surface area contributed by atoms with Crippen LogP contribution in [0.25, 0.3) is 6.08 Å². The van der Waals surface area contributed by atoms with E-state index in [1.807, 2.05) is 24.3 Å². The molecule has 0 saturated heterocycles. The molecule has 108 valence electrons. The summed E-state index contributed by atoms with van der Waals surface area (Å²) < 4.78 is 4.80. The number of benzene rings is 1. The molecule has 0 amide bonds. The second-order valence-corrected chi connectivity index (χ2v) is 5.78. The molecule has 0 radical (unpaired) electrons. The molecule has 0 N–H and O–H groups in total. The van der Waals surface area contributed by atoms with Gasteiger partial charge < -0.3 is 4.74 Å². The van der Waals surface area contributed by atoms with Crippen LogP contribution < -0.4 is 0 Å². The topological polar surface area (TPSA) is 26.3 Å². The van der Waals surface area contributed by atoms with E-state index in [1.54, 1.807) is 0 Å². The SMILES string of the molecule is COC(=O)C[C@@H]1CCCC[C@@H]1/C=C/c1ccccc1Cl. The standard InChI is InChI=1S/C17H21ClO2/c1-20-17(19)12-15-8-3-2-6-13(15)10-11-14-7-4-5-9-16(14)18/h4-5,7,9-11,13,15H,2-3,6,8,12H2,1H3/b11-10+/t13-,15+/m1/s1. The van der Waals surface area contributed by atoms with Gasteiger partial charge in [-0.1, -0.05) is 54.8 Å². The van der Waals surface area contributed by atoms with E-state index >= 15 is 0 Å². The molecule has 1 aromatic carbocycles. The van der Waals surface area contributed by atoms with E-state index in [-0.39, 0.29) is 5.97 Å². The summed E-state index contributed by atoms with van der Waals surface area (Å²) in [5, 5.41) is 0.768. The van der Waals surface area contributed by atoms with Gasteiger partial charge >= 0.3 is 5.97 Å². The van der Waals surface area contributed by atoms with Crippen molar-refractivity contribution in [2.75, 3.05) is 7.11 Å². The zero-order valence-electron chi connectivity index (χ0n) is 11.8. The van der Waals surface area contributed by atoms with E-state index in [0.717, 1.165) is 23.4 Å². The van der Waals surface area contributed by atoms with Crippen molar-refractivity contribution in [3.8, 4) is 0 Å². The Morgan fingerprint density at radius 1 is 1.35 bits per heavy atom. The van der Waals surface area contributed by atoms with Crippen molar-refractivity contribution in [3.05, 3.63) is 40.9 Å². The molecule has 0 aromatic heterocycles. The molecule has 0 spiro atoms. The normalized spacial score (nSPS) is 22.9. The predicted octanol–water partition coefficient (Wildman–Crippen LogP) is 4.72. The molecule has 0 aliphatic heterocycles. The first-order valence-electron chi connectivity index (χ1n) is 7.20. The largest absolute Gasteiger partial charge is 0.469 e. The Kier molecular flexibility index (Phi) is 5.66. The molecule has 1 aromatic rings. The molecule has 20 heavy (non-hydrogen) atoms. The maximum Gasteiger partial charge on any atom is 0.305 e. The second kappa shape index (κ2) is 7.49. The van der Waals surface area contributed by atoms with E-state index < -0.39 is 0 Å². The third-order valence-electron chi connectivity index (χ3n) is 4.05. The molecule has 2 rings (SSSR count). The average molecular weight is 293 g/mol. The van der Waals surface area contributed by atoms with Crippen LogP contribution in [0.1, 0.15) is 37.7 Å². The minimum Gasteiger partial charge on any atom is -0.469 e. The number of allylic oxidation sites excluding steroid dienone is 1. The summed E-state index contributed by atoms with van der Waals surface area (Å²) in [5.41, 5.74) is 1.04. The molecule has 1 fully saturated rings. The molecular weight excluding hydrogens is 272 g/mol. The fourth-order valence-electron chi connectivity index (χ4n) is 2.88. The molecule has 1 aliphatic rings. The fraction of sp³-hybridized carbons (Fsp3) is 0.471. The van der Waals surface area contributed by atoms with Crippen molar-refractivity contribution in [1.82, 2.24) is 0 Å². The van der Waals surface area contributed by atoms with Crippen LogP contribution in [0.2, 0.25) is 5.02 Å². The predicted molar refractivity (Wildman–Crippen MR) is 82.6 cm³/mol. The highest BCUT2D eigenvalue weighted by molar-refractivity contribution is 6.32. The van der Waals surface area contributed by atoms with Crippen LogP contribution in [0.3, 0.4) is 0 Å². The summed E-state index contributed by atoms with van der Waals surface area (Å²) in [6.45, 7) is 0. The number of rotatable bonds is 4. The van der Waals surface area contributed by atoms with Gasteiger partial charge in [-0.15, -0.1) is 0 Å². The van der Waals surface area contributed by atoms with Crippen molar-refractivity contribution in [2.24, 2.45) is 11.8 Å². The van der Waals surface area contributed by atoms with Gasteiger partial charge in [-0.3, -0.25) is 4.79 Å². The van der Waals surface area contributed by atoms with Crippen LogP contribution in [-0.4, -0.2) is 13.1 Å². The Hall–Kier alpha value is -1.28. The van der Waals surface area contributed by atoms with Crippen LogP contribution in [0, 0.1) is 11.8 Å². The Morgan fingerprint density at radius 2 is 2.10 bits per heavy atom. The number of halogens is 1. The van der Waals surface area contributed by atoms with Gasteiger partial charge in [-0.25, -0.2) is 0 Å². The first-order chi connectivity index (χ1) is 9.70. The summed E-state index contributed by atoms with van der Waals surface area (Å²) in [4.78, 5) is 11.5. The Morgan fingerprint density at radius 3 is 2.85 bits per heavy atom. The van der Waals surface area contributed by atoms with Crippen molar-refractivity contribution in [3.63, 3.8) is 0 Å². The average Bonchev–Trinajstić information content (AvgIpc) is 2.47. The number of carbonyl (C=O) groups is 1. The highest BCUT2D eigenvalue weighted by Gasteiger charge is 2.25. The summed E-state index contributed by atoms with van der Waals surface area (Å²) in [6.07, 6.45) is 9.51. The lowest BCUT2D eigenvalue weighted by atomic mass is 9.77. The van der Waals surface area contributed by atoms with Crippen LogP contribution in [0.4, 0.5) is 0 Å².